The third-order valence-corrected chi connectivity index (χ3v) is 3.12. The highest BCUT2D eigenvalue weighted by atomic mass is 16.5. The minimum absolute atomic E-state index is 0.237. The number of hydrogen-bond acceptors (Lipinski definition) is 7. The van der Waals surface area contributed by atoms with E-state index < -0.39 is 18.0 Å². The van der Waals surface area contributed by atoms with Crippen LogP contribution in [0.5, 0.6) is 0 Å². The van der Waals surface area contributed by atoms with E-state index >= 15 is 0 Å². The molecule has 6 N–H and O–H groups in total. The summed E-state index contributed by atoms with van der Waals surface area (Å²) in [6, 6.07) is 13.4. The highest BCUT2D eigenvalue weighted by Crippen LogP contribution is 2.19. The van der Waals surface area contributed by atoms with E-state index in [-0.39, 0.29) is 5.82 Å². The number of ether oxygens (including phenoxy) is 1. The molecule has 29 heavy (non-hydrogen) atoms. The number of hydrogen-bond donors (Lipinski definition) is 5. The first-order valence-electron chi connectivity index (χ1n) is 8.43. The molecular formula is C19H22N4O6. The van der Waals surface area contributed by atoms with Crippen LogP contribution in [0.25, 0.3) is 0 Å². The van der Waals surface area contributed by atoms with E-state index in [1.165, 1.54) is 0 Å². The van der Waals surface area contributed by atoms with Gasteiger partial charge in [0.2, 0.25) is 0 Å². The summed E-state index contributed by atoms with van der Waals surface area (Å²) in [6.45, 7) is 2.69. The Balaban J connectivity index is 0.000000447. The molecule has 1 aromatic carbocycles. The van der Waals surface area contributed by atoms with Gasteiger partial charge in [0, 0.05) is 18.7 Å². The molecule has 2 rings (SSSR count). The number of aliphatic carboxylic acids is 2. The number of nitrogens with zero attached hydrogens (tertiary/aromatic N) is 1. The Bertz CT molecular complexity index is 839. The molecule has 0 saturated carbocycles. The number of anilines is 3. The molecule has 0 bridgehead atoms. The molecule has 0 fully saturated rings. The number of carboxylic acid groups (broad SMARTS) is 2. The van der Waals surface area contributed by atoms with Crippen molar-refractivity contribution in [2.75, 3.05) is 23.0 Å². The van der Waals surface area contributed by atoms with Crippen molar-refractivity contribution in [2.45, 2.75) is 13.5 Å². The standard InChI is InChI=1S/C15H18N4O2.C4H4O4/c1-2-21-15(20)18-12-8-9-13(19-14(12)16)17-10-11-6-4-3-5-7-11;5-3(6)1-2-4(7)8/h3-9H,2,10H2,1H3,(H,18,20)(H3,16,17,19);1-2H,(H,5,6)(H,7,8). The quantitative estimate of drug-likeness (QED) is 0.438. The van der Waals surface area contributed by atoms with Gasteiger partial charge in [-0.05, 0) is 24.6 Å². The molecule has 0 spiro atoms. The van der Waals surface area contributed by atoms with E-state index in [1.807, 2.05) is 30.3 Å². The zero-order valence-corrected chi connectivity index (χ0v) is 15.7. The number of nitrogen functional groups attached to an aromatic ring is 1. The van der Waals surface area contributed by atoms with E-state index in [0.717, 1.165) is 5.56 Å². The minimum atomic E-state index is -1.26. The summed E-state index contributed by atoms with van der Waals surface area (Å²) in [5.74, 6) is -1.63. The summed E-state index contributed by atoms with van der Waals surface area (Å²) >= 11 is 0. The first-order valence-corrected chi connectivity index (χ1v) is 8.43. The van der Waals surface area contributed by atoms with Gasteiger partial charge in [-0.15, -0.1) is 0 Å². The number of carboxylic acids is 2. The lowest BCUT2D eigenvalue weighted by molar-refractivity contribution is -0.134. The SMILES string of the molecule is CCOC(=O)Nc1ccc(NCc2ccccc2)nc1N.O=C(O)C=CC(=O)O. The lowest BCUT2D eigenvalue weighted by Gasteiger charge is -2.10. The van der Waals surface area contributed by atoms with Crippen LogP contribution in [0.15, 0.2) is 54.6 Å². The normalized spacial score (nSPS) is 9.83. The molecule has 0 atom stereocenters. The molecule has 0 aliphatic rings. The Labute approximate surface area is 167 Å². The number of nitrogens with two attached hydrogens (primary N) is 1. The van der Waals surface area contributed by atoms with Crippen LogP contribution in [-0.2, 0) is 20.9 Å². The zero-order chi connectivity index (χ0) is 21.6. The Kier molecular flexibility index (Phi) is 9.76. The Morgan fingerprint density at radius 3 is 2.21 bits per heavy atom. The monoisotopic (exact) mass is 402 g/mol. The van der Waals surface area contributed by atoms with Gasteiger partial charge in [-0.1, -0.05) is 30.3 Å². The fourth-order valence-corrected chi connectivity index (χ4v) is 1.89. The number of rotatable bonds is 7. The number of aromatic nitrogens is 1. The molecule has 154 valence electrons. The Hall–Kier alpha value is -4.08. The summed E-state index contributed by atoms with van der Waals surface area (Å²) in [4.78, 5) is 34.6. The fraction of sp³-hybridized carbons (Fsp3) is 0.158. The molecule has 0 saturated heterocycles. The van der Waals surface area contributed by atoms with Gasteiger partial charge in [0.1, 0.15) is 11.6 Å². The molecule has 0 radical (unpaired) electrons. The van der Waals surface area contributed by atoms with Crippen molar-refractivity contribution in [3.8, 4) is 0 Å². The third-order valence-electron chi connectivity index (χ3n) is 3.12. The van der Waals surface area contributed by atoms with Crippen molar-refractivity contribution in [3.05, 3.63) is 60.2 Å². The molecule has 0 unspecified atom stereocenters. The van der Waals surface area contributed by atoms with Crippen LogP contribution in [0, 0.1) is 0 Å². The number of benzene rings is 1. The zero-order valence-electron chi connectivity index (χ0n) is 15.7. The van der Waals surface area contributed by atoms with E-state index in [4.69, 9.17) is 20.7 Å². The highest BCUT2D eigenvalue weighted by Gasteiger charge is 2.07. The number of carbonyl (C=O) groups excluding carboxylic acids is 1. The van der Waals surface area contributed by atoms with Gasteiger partial charge in [0.05, 0.1) is 12.3 Å². The summed E-state index contributed by atoms with van der Waals surface area (Å²) in [5, 5.41) is 21.3. The number of nitrogens with one attached hydrogen (secondary N) is 2. The number of carbonyl (C=O) groups is 3. The lowest BCUT2D eigenvalue weighted by Crippen LogP contribution is -2.15. The number of pyridine rings is 1. The minimum Gasteiger partial charge on any atom is -0.478 e. The largest absolute Gasteiger partial charge is 0.478 e. The Morgan fingerprint density at radius 1 is 1.07 bits per heavy atom. The maximum Gasteiger partial charge on any atom is 0.411 e. The smallest absolute Gasteiger partial charge is 0.411 e. The van der Waals surface area contributed by atoms with Gasteiger partial charge < -0.3 is 26.0 Å². The van der Waals surface area contributed by atoms with Crippen LogP contribution in [0.2, 0.25) is 0 Å². The van der Waals surface area contributed by atoms with Crippen LogP contribution in [-0.4, -0.2) is 39.8 Å². The van der Waals surface area contributed by atoms with Crippen molar-refractivity contribution in [1.29, 1.82) is 0 Å². The summed E-state index contributed by atoms with van der Waals surface area (Å²) in [5.41, 5.74) is 7.39. The van der Waals surface area contributed by atoms with Crippen molar-refractivity contribution < 1.29 is 29.3 Å². The van der Waals surface area contributed by atoms with Crippen LogP contribution in [0.1, 0.15) is 12.5 Å². The molecule has 10 heteroatoms. The summed E-state index contributed by atoms with van der Waals surface area (Å²) in [7, 11) is 0. The average molecular weight is 402 g/mol. The fourth-order valence-electron chi connectivity index (χ4n) is 1.89. The van der Waals surface area contributed by atoms with Crippen molar-refractivity contribution >= 4 is 35.4 Å². The maximum atomic E-state index is 11.3. The molecule has 1 amide bonds. The van der Waals surface area contributed by atoms with Crippen LogP contribution < -0.4 is 16.4 Å². The summed E-state index contributed by atoms with van der Waals surface area (Å²) in [6.07, 6.45) is 0.570. The van der Waals surface area contributed by atoms with Crippen LogP contribution in [0.3, 0.4) is 0 Å². The molecule has 1 heterocycles. The van der Waals surface area contributed by atoms with Crippen molar-refractivity contribution in [2.24, 2.45) is 0 Å². The topological polar surface area (TPSA) is 164 Å². The van der Waals surface area contributed by atoms with E-state index in [9.17, 15) is 14.4 Å². The summed E-state index contributed by atoms with van der Waals surface area (Å²) < 4.78 is 4.79. The first kappa shape index (κ1) is 23.0. The highest BCUT2D eigenvalue weighted by molar-refractivity contribution is 5.89. The Morgan fingerprint density at radius 2 is 1.69 bits per heavy atom. The van der Waals surface area contributed by atoms with Gasteiger partial charge in [-0.3, -0.25) is 5.32 Å². The van der Waals surface area contributed by atoms with Crippen molar-refractivity contribution in [1.82, 2.24) is 4.98 Å². The van der Waals surface area contributed by atoms with Gasteiger partial charge in [-0.25, -0.2) is 19.4 Å². The van der Waals surface area contributed by atoms with Crippen LogP contribution >= 0.6 is 0 Å². The third kappa shape index (κ3) is 9.99. The second-order valence-corrected chi connectivity index (χ2v) is 5.32. The van der Waals surface area contributed by atoms with E-state index in [2.05, 4.69) is 15.6 Å². The predicted octanol–water partition coefficient (Wildman–Crippen LogP) is 2.56. The van der Waals surface area contributed by atoms with E-state index in [0.29, 0.717) is 36.8 Å². The molecule has 2 aromatic rings. The van der Waals surface area contributed by atoms with Gasteiger partial charge in [0.15, 0.2) is 0 Å². The second kappa shape index (κ2) is 12.3. The average Bonchev–Trinajstić information content (AvgIpc) is 2.68. The van der Waals surface area contributed by atoms with Gasteiger partial charge >= 0.3 is 18.0 Å². The molecule has 10 nitrogen and oxygen atoms in total. The van der Waals surface area contributed by atoms with Crippen LogP contribution in [0.4, 0.5) is 22.1 Å². The number of amides is 1. The molecular weight excluding hydrogens is 380 g/mol. The van der Waals surface area contributed by atoms with Crippen molar-refractivity contribution in [3.63, 3.8) is 0 Å². The second-order valence-electron chi connectivity index (χ2n) is 5.32. The van der Waals surface area contributed by atoms with Gasteiger partial charge in [0.25, 0.3) is 0 Å². The molecule has 1 aromatic heterocycles. The lowest BCUT2D eigenvalue weighted by atomic mass is 10.2. The molecule has 0 aliphatic carbocycles. The predicted molar refractivity (Wildman–Crippen MR) is 107 cm³/mol. The molecule has 0 aliphatic heterocycles. The van der Waals surface area contributed by atoms with E-state index in [1.54, 1.807) is 19.1 Å². The first-order chi connectivity index (χ1) is 13.8. The maximum absolute atomic E-state index is 11.3. The van der Waals surface area contributed by atoms with Gasteiger partial charge in [-0.2, -0.15) is 0 Å².